The summed E-state index contributed by atoms with van der Waals surface area (Å²) >= 11 is 0. The first-order chi connectivity index (χ1) is 6.38. The van der Waals surface area contributed by atoms with Crippen LogP contribution in [0.1, 0.15) is 10.4 Å². The molecule has 0 fully saturated rings. The molecule has 84 valence electrons. The van der Waals surface area contributed by atoms with Crippen molar-refractivity contribution in [2.75, 3.05) is 0 Å². The third-order valence-corrected chi connectivity index (χ3v) is 1.37. The monoisotopic (exact) mass is 241 g/mol. The number of carbonyl (C=O) groups excluding carboxylic acids is 1. The molecule has 0 aliphatic carbocycles. The first-order valence-electron chi connectivity index (χ1n) is 3.54. The Bertz CT molecular complexity index is 337. The van der Waals surface area contributed by atoms with Gasteiger partial charge in [-0.3, -0.25) is 4.79 Å². The van der Waals surface area contributed by atoms with Crippen LogP contribution in [0.15, 0.2) is 24.3 Å². The van der Waals surface area contributed by atoms with Crippen LogP contribution < -0.4 is 10.5 Å². The fourth-order valence-electron chi connectivity index (χ4n) is 0.821. The molecule has 0 unspecified atom stereocenters. The normalized spacial score (nSPS) is 10.3. The van der Waals surface area contributed by atoms with E-state index in [1.54, 1.807) is 0 Å². The number of ether oxygens (including phenoxy) is 1. The van der Waals surface area contributed by atoms with E-state index in [0.717, 1.165) is 24.3 Å². The summed E-state index contributed by atoms with van der Waals surface area (Å²) in [7, 11) is 0. The van der Waals surface area contributed by atoms with Crippen LogP contribution in [0.4, 0.5) is 13.2 Å². The average molecular weight is 242 g/mol. The van der Waals surface area contributed by atoms with Crippen molar-refractivity contribution < 1.29 is 22.7 Å². The number of primary amides is 1. The van der Waals surface area contributed by atoms with E-state index >= 15 is 0 Å². The number of carbonyl (C=O) groups is 1. The van der Waals surface area contributed by atoms with Crippen molar-refractivity contribution in [1.82, 2.24) is 0 Å². The molecule has 1 amide bonds. The number of alkyl halides is 3. The third kappa shape index (κ3) is 4.55. The summed E-state index contributed by atoms with van der Waals surface area (Å²) in [5.74, 6) is -1.09. The topological polar surface area (TPSA) is 52.3 Å². The lowest BCUT2D eigenvalue weighted by molar-refractivity contribution is -0.274. The molecule has 0 heterocycles. The van der Waals surface area contributed by atoms with Crippen molar-refractivity contribution in [3.05, 3.63) is 29.8 Å². The molecule has 0 saturated heterocycles. The number of benzene rings is 1. The van der Waals surface area contributed by atoms with Crippen LogP contribution in [0.5, 0.6) is 5.75 Å². The second-order valence-electron chi connectivity index (χ2n) is 2.44. The summed E-state index contributed by atoms with van der Waals surface area (Å²) in [6.45, 7) is 0. The van der Waals surface area contributed by atoms with Gasteiger partial charge in [-0.2, -0.15) is 0 Å². The van der Waals surface area contributed by atoms with Gasteiger partial charge < -0.3 is 10.5 Å². The molecule has 0 aromatic heterocycles. The lowest BCUT2D eigenvalue weighted by Gasteiger charge is -2.08. The fraction of sp³-hybridized carbons (Fsp3) is 0.125. The highest BCUT2D eigenvalue weighted by Crippen LogP contribution is 2.22. The fourth-order valence-corrected chi connectivity index (χ4v) is 0.821. The lowest BCUT2D eigenvalue weighted by atomic mass is 10.2. The van der Waals surface area contributed by atoms with E-state index in [0.29, 0.717) is 0 Å². The van der Waals surface area contributed by atoms with Gasteiger partial charge in [0.15, 0.2) is 0 Å². The van der Waals surface area contributed by atoms with Gasteiger partial charge in [0.2, 0.25) is 5.91 Å². The molecule has 0 aliphatic heterocycles. The average Bonchev–Trinajstić information content (AvgIpc) is 2.02. The number of amides is 1. The van der Waals surface area contributed by atoms with E-state index in [-0.39, 0.29) is 23.7 Å². The van der Waals surface area contributed by atoms with Gasteiger partial charge in [-0.25, -0.2) is 0 Å². The Hall–Kier alpha value is -1.43. The van der Waals surface area contributed by atoms with Crippen LogP contribution in [-0.4, -0.2) is 12.3 Å². The van der Waals surface area contributed by atoms with Gasteiger partial charge in [-0.05, 0) is 24.3 Å². The maximum Gasteiger partial charge on any atom is 0.573 e. The van der Waals surface area contributed by atoms with Gasteiger partial charge in [0.05, 0.1) is 0 Å². The Labute approximate surface area is 89.4 Å². The van der Waals surface area contributed by atoms with Crippen LogP contribution in [0.25, 0.3) is 0 Å². The van der Waals surface area contributed by atoms with E-state index in [1.165, 1.54) is 0 Å². The molecule has 15 heavy (non-hydrogen) atoms. The molecule has 0 radical (unpaired) electrons. The molecule has 0 bridgehead atoms. The largest absolute Gasteiger partial charge is 0.573 e. The number of halogens is 4. The quantitative estimate of drug-likeness (QED) is 0.862. The van der Waals surface area contributed by atoms with E-state index in [9.17, 15) is 18.0 Å². The summed E-state index contributed by atoms with van der Waals surface area (Å²) in [5, 5.41) is 0. The highest BCUT2D eigenvalue weighted by molar-refractivity contribution is 5.92. The zero-order valence-electron chi connectivity index (χ0n) is 7.25. The Balaban J connectivity index is 0.00000196. The van der Waals surface area contributed by atoms with Gasteiger partial charge in [0.1, 0.15) is 5.75 Å². The van der Waals surface area contributed by atoms with Crippen LogP contribution >= 0.6 is 12.4 Å². The number of hydrogen-bond acceptors (Lipinski definition) is 2. The molecule has 1 aromatic rings. The molecule has 0 spiro atoms. The predicted octanol–water partition coefficient (Wildman–Crippen LogP) is 2.11. The van der Waals surface area contributed by atoms with Crippen LogP contribution in [0, 0.1) is 0 Å². The van der Waals surface area contributed by atoms with Gasteiger partial charge in [-0.1, -0.05) is 0 Å². The molecule has 0 atom stereocenters. The molecular weight excluding hydrogens is 235 g/mol. The summed E-state index contributed by atoms with van der Waals surface area (Å²) in [5.41, 5.74) is 5.01. The summed E-state index contributed by atoms with van der Waals surface area (Å²) < 4.78 is 38.6. The highest BCUT2D eigenvalue weighted by atomic mass is 35.5. The van der Waals surface area contributed by atoms with Gasteiger partial charge in [-0.15, -0.1) is 25.6 Å². The van der Waals surface area contributed by atoms with E-state index in [2.05, 4.69) is 4.74 Å². The van der Waals surface area contributed by atoms with Gasteiger partial charge >= 0.3 is 6.36 Å². The molecule has 7 heteroatoms. The Morgan fingerprint density at radius 2 is 1.67 bits per heavy atom. The molecule has 3 nitrogen and oxygen atoms in total. The first kappa shape index (κ1) is 13.6. The van der Waals surface area contributed by atoms with Crippen LogP contribution in [-0.2, 0) is 0 Å². The predicted molar refractivity (Wildman–Crippen MR) is 48.9 cm³/mol. The second kappa shape index (κ2) is 4.88. The zero-order valence-corrected chi connectivity index (χ0v) is 8.06. The van der Waals surface area contributed by atoms with Crippen molar-refractivity contribution in [3.8, 4) is 5.75 Å². The molecule has 0 aliphatic rings. The Kier molecular flexibility index (Phi) is 4.41. The molecule has 2 N–H and O–H groups in total. The smallest absolute Gasteiger partial charge is 0.406 e. The molecule has 1 aromatic carbocycles. The SMILES string of the molecule is Cl.NC(=O)c1ccc(OC(F)(F)F)cc1. The maximum atomic E-state index is 11.7. The number of hydrogen-bond donors (Lipinski definition) is 1. The zero-order chi connectivity index (χ0) is 10.8. The minimum Gasteiger partial charge on any atom is -0.406 e. The van der Waals surface area contributed by atoms with Crippen LogP contribution in [0.2, 0.25) is 0 Å². The standard InChI is InChI=1S/C8H6F3NO2.ClH/c9-8(10,11)14-6-3-1-5(2-4-6)7(12)13;/h1-4H,(H2,12,13);1H. The maximum absolute atomic E-state index is 11.7. The van der Waals surface area contributed by atoms with E-state index in [1.807, 2.05) is 0 Å². The third-order valence-electron chi connectivity index (χ3n) is 1.37. The van der Waals surface area contributed by atoms with Crippen molar-refractivity contribution in [1.29, 1.82) is 0 Å². The van der Waals surface area contributed by atoms with E-state index < -0.39 is 12.3 Å². The molecular formula is C8H7ClF3NO2. The van der Waals surface area contributed by atoms with Crippen LogP contribution in [0.3, 0.4) is 0 Å². The summed E-state index contributed by atoms with van der Waals surface area (Å²) in [4.78, 5) is 10.6. The van der Waals surface area contributed by atoms with Crippen molar-refractivity contribution in [2.24, 2.45) is 5.73 Å². The van der Waals surface area contributed by atoms with Crippen molar-refractivity contribution >= 4 is 18.3 Å². The van der Waals surface area contributed by atoms with Gasteiger partial charge in [0.25, 0.3) is 0 Å². The second-order valence-corrected chi connectivity index (χ2v) is 2.44. The summed E-state index contributed by atoms with van der Waals surface area (Å²) in [6, 6.07) is 4.36. The number of rotatable bonds is 2. The first-order valence-corrected chi connectivity index (χ1v) is 3.54. The summed E-state index contributed by atoms with van der Waals surface area (Å²) in [6.07, 6.45) is -4.73. The number of nitrogens with two attached hydrogens (primary N) is 1. The highest BCUT2D eigenvalue weighted by Gasteiger charge is 2.30. The minimum absolute atomic E-state index is 0. The Morgan fingerprint density at radius 1 is 1.20 bits per heavy atom. The van der Waals surface area contributed by atoms with Gasteiger partial charge in [0, 0.05) is 5.56 Å². The van der Waals surface area contributed by atoms with E-state index in [4.69, 9.17) is 5.73 Å². The molecule has 1 rings (SSSR count). The Morgan fingerprint density at radius 3 is 2.00 bits per heavy atom. The lowest BCUT2D eigenvalue weighted by Crippen LogP contribution is -2.17. The molecule has 0 saturated carbocycles. The minimum atomic E-state index is -4.73. The van der Waals surface area contributed by atoms with Crippen molar-refractivity contribution in [2.45, 2.75) is 6.36 Å². The van der Waals surface area contributed by atoms with Crippen molar-refractivity contribution in [3.63, 3.8) is 0 Å².